The third-order valence-corrected chi connectivity index (χ3v) is 6.89. The summed E-state index contributed by atoms with van der Waals surface area (Å²) in [5.74, 6) is -0.299. The van der Waals surface area contributed by atoms with Crippen molar-refractivity contribution < 1.29 is 17.6 Å². The molecule has 0 aromatic heterocycles. The number of nitrogens with one attached hydrogen (secondary N) is 1. The van der Waals surface area contributed by atoms with Gasteiger partial charge in [-0.3, -0.25) is 9.69 Å². The normalized spacial score (nSPS) is 20.3. The van der Waals surface area contributed by atoms with Crippen molar-refractivity contribution in [2.75, 3.05) is 63.5 Å². The van der Waals surface area contributed by atoms with E-state index in [1.54, 1.807) is 12.1 Å². The molecule has 28 heavy (non-hydrogen) atoms. The number of hydrogen-bond acceptors (Lipinski definition) is 5. The van der Waals surface area contributed by atoms with E-state index in [0.717, 1.165) is 38.4 Å². The van der Waals surface area contributed by atoms with Crippen molar-refractivity contribution in [3.63, 3.8) is 0 Å². The molecule has 0 spiro atoms. The molecular formula is C19H29FN4O3S. The molecule has 156 valence electrons. The molecule has 3 rings (SSSR count). The van der Waals surface area contributed by atoms with Gasteiger partial charge in [0.2, 0.25) is 15.9 Å². The van der Waals surface area contributed by atoms with Crippen LogP contribution in [0.4, 0.5) is 10.1 Å². The second-order valence-electron chi connectivity index (χ2n) is 7.53. The van der Waals surface area contributed by atoms with Gasteiger partial charge in [0, 0.05) is 64.0 Å². The highest BCUT2D eigenvalue weighted by atomic mass is 32.2. The van der Waals surface area contributed by atoms with Crippen molar-refractivity contribution in [1.29, 1.82) is 0 Å². The molecule has 2 aliphatic heterocycles. The van der Waals surface area contributed by atoms with Crippen LogP contribution in [0.3, 0.4) is 0 Å². The zero-order chi connectivity index (χ0) is 20.1. The first-order valence-corrected chi connectivity index (χ1v) is 11.6. The van der Waals surface area contributed by atoms with Gasteiger partial charge >= 0.3 is 0 Å². The molecule has 2 fully saturated rings. The van der Waals surface area contributed by atoms with Crippen LogP contribution in [-0.4, -0.2) is 82.1 Å². The standard InChI is InChI=1S/C19H29FN4O3S/c1-28(26,27)24-9-6-16(7-10-24)19(25)21-8-11-22-12-14-23(15-13-22)18-4-2-17(20)3-5-18/h2-5,16H,6-15H2,1H3,(H,21,25). The highest BCUT2D eigenvalue weighted by molar-refractivity contribution is 7.88. The van der Waals surface area contributed by atoms with Crippen LogP contribution < -0.4 is 10.2 Å². The Hall–Kier alpha value is -1.71. The second-order valence-corrected chi connectivity index (χ2v) is 9.51. The van der Waals surface area contributed by atoms with Crippen LogP contribution in [0.5, 0.6) is 0 Å². The second kappa shape index (κ2) is 9.19. The molecule has 2 saturated heterocycles. The SMILES string of the molecule is CS(=O)(=O)N1CCC(C(=O)NCCN2CCN(c3ccc(F)cc3)CC2)CC1. The van der Waals surface area contributed by atoms with E-state index in [0.29, 0.717) is 32.5 Å². The Balaban J connectivity index is 1.34. The van der Waals surface area contributed by atoms with E-state index >= 15 is 0 Å². The Morgan fingerprint density at radius 1 is 1.07 bits per heavy atom. The Labute approximate surface area is 166 Å². The first kappa shape index (κ1) is 21.0. The van der Waals surface area contributed by atoms with Gasteiger partial charge in [0.05, 0.1) is 6.26 Å². The maximum atomic E-state index is 13.0. The first-order chi connectivity index (χ1) is 13.3. The van der Waals surface area contributed by atoms with Crippen molar-refractivity contribution in [3.8, 4) is 0 Å². The average molecular weight is 413 g/mol. The van der Waals surface area contributed by atoms with E-state index in [-0.39, 0.29) is 17.6 Å². The lowest BCUT2D eigenvalue weighted by Gasteiger charge is -2.36. The van der Waals surface area contributed by atoms with Crippen LogP contribution in [0.1, 0.15) is 12.8 Å². The fraction of sp³-hybridized carbons (Fsp3) is 0.632. The zero-order valence-corrected chi connectivity index (χ0v) is 17.1. The number of carbonyl (C=O) groups is 1. The van der Waals surface area contributed by atoms with Gasteiger partial charge in [0.15, 0.2) is 0 Å². The molecule has 0 atom stereocenters. The van der Waals surface area contributed by atoms with E-state index in [4.69, 9.17) is 0 Å². The number of piperidine rings is 1. The fourth-order valence-corrected chi connectivity index (χ4v) is 4.69. The molecule has 0 aliphatic carbocycles. The summed E-state index contributed by atoms with van der Waals surface area (Å²) in [6, 6.07) is 6.58. The number of rotatable bonds is 6. The molecular weight excluding hydrogens is 383 g/mol. The summed E-state index contributed by atoms with van der Waals surface area (Å²) in [6.07, 6.45) is 2.37. The molecule has 2 aliphatic rings. The predicted molar refractivity (Wildman–Crippen MR) is 107 cm³/mol. The van der Waals surface area contributed by atoms with E-state index in [1.165, 1.54) is 22.7 Å². The Kier molecular flexibility index (Phi) is 6.90. The lowest BCUT2D eigenvalue weighted by atomic mass is 9.97. The molecule has 7 nitrogen and oxygen atoms in total. The Morgan fingerprint density at radius 3 is 2.25 bits per heavy atom. The summed E-state index contributed by atoms with van der Waals surface area (Å²) in [6.45, 7) is 5.80. The van der Waals surface area contributed by atoms with Gasteiger partial charge in [-0.1, -0.05) is 0 Å². The number of piperazine rings is 1. The number of carbonyl (C=O) groups excluding carboxylic acids is 1. The number of amides is 1. The first-order valence-electron chi connectivity index (χ1n) is 9.78. The van der Waals surface area contributed by atoms with Gasteiger partial charge in [-0.15, -0.1) is 0 Å². The summed E-state index contributed by atoms with van der Waals surface area (Å²) in [4.78, 5) is 16.9. The monoisotopic (exact) mass is 412 g/mol. The van der Waals surface area contributed by atoms with Gasteiger partial charge in [0.25, 0.3) is 0 Å². The smallest absolute Gasteiger partial charge is 0.223 e. The van der Waals surface area contributed by atoms with Gasteiger partial charge < -0.3 is 10.2 Å². The van der Waals surface area contributed by atoms with Gasteiger partial charge in [-0.05, 0) is 37.1 Å². The molecule has 0 unspecified atom stereocenters. The fourth-order valence-electron chi connectivity index (χ4n) is 3.81. The third kappa shape index (κ3) is 5.65. The van der Waals surface area contributed by atoms with E-state index in [9.17, 15) is 17.6 Å². The Bertz CT molecular complexity index is 756. The maximum Gasteiger partial charge on any atom is 0.223 e. The van der Waals surface area contributed by atoms with E-state index in [2.05, 4.69) is 15.1 Å². The molecule has 0 radical (unpaired) electrons. The zero-order valence-electron chi connectivity index (χ0n) is 16.3. The van der Waals surface area contributed by atoms with Gasteiger partial charge in [-0.25, -0.2) is 17.1 Å². The molecule has 1 amide bonds. The minimum Gasteiger partial charge on any atom is -0.369 e. The third-order valence-electron chi connectivity index (χ3n) is 5.59. The quantitative estimate of drug-likeness (QED) is 0.746. The topological polar surface area (TPSA) is 73.0 Å². The van der Waals surface area contributed by atoms with Crippen LogP contribution in [0.25, 0.3) is 0 Å². The summed E-state index contributed by atoms with van der Waals surface area (Å²) in [5.41, 5.74) is 1.04. The summed E-state index contributed by atoms with van der Waals surface area (Å²) in [5, 5.41) is 3.00. The van der Waals surface area contributed by atoms with Crippen molar-refractivity contribution in [1.82, 2.24) is 14.5 Å². The minimum atomic E-state index is -3.16. The number of benzene rings is 1. The van der Waals surface area contributed by atoms with E-state index < -0.39 is 10.0 Å². The minimum absolute atomic E-state index is 0.0260. The number of sulfonamides is 1. The van der Waals surface area contributed by atoms with Crippen LogP contribution in [0.15, 0.2) is 24.3 Å². The van der Waals surface area contributed by atoms with E-state index in [1.807, 2.05) is 0 Å². The lowest BCUT2D eigenvalue weighted by Crippen LogP contribution is -2.49. The summed E-state index contributed by atoms with van der Waals surface area (Å²) in [7, 11) is -3.16. The number of nitrogens with zero attached hydrogens (tertiary/aromatic N) is 3. The molecule has 9 heteroatoms. The van der Waals surface area contributed by atoms with Gasteiger partial charge in [0.1, 0.15) is 5.82 Å². The highest BCUT2D eigenvalue weighted by Crippen LogP contribution is 2.19. The van der Waals surface area contributed by atoms with Crippen LogP contribution >= 0.6 is 0 Å². The molecule has 1 aromatic rings. The average Bonchev–Trinajstić information content (AvgIpc) is 2.68. The van der Waals surface area contributed by atoms with Gasteiger partial charge in [-0.2, -0.15) is 0 Å². The summed E-state index contributed by atoms with van der Waals surface area (Å²) >= 11 is 0. The van der Waals surface area contributed by atoms with Crippen molar-refractivity contribution in [2.45, 2.75) is 12.8 Å². The van der Waals surface area contributed by atoms with Crippen LogP contribution in [0.2, 0.25) is 0 Å². The van der Waals surface area contributed by atoms with Crippen molar-refractivity contribution in [2.24, 2.45) is 5.92 Å². The molecule has 0 saturated carbocycles. The Morgan fingerprint density at radius 2 is 1.68 bits per heavy atom. The predicted octanol–water partition coefficient (Wildman–Crippen LogP) is 0.736. The molecule has 1 N–H and O–H groups in total. The molecule has 1 aromatic carbocycles. The maximum absolute atomic E-state index is 13.0. The highest BCUT2D eigenvalue weighted by Gasteiger charge is 2.28. The number of halogens is 1. The number of hydrogen-bond donors (Lipinski definition) is 1. The van der Waals surface area contributed by atoms with Crippen LogP contribution in [0, 0.1) is 11.7 Å². The van der Waals surface area contributed by atoms with Crippen molar-refractivity contribution >= 4 is 21.6 Å². The molecule has 0 bridgehead atoms. The summed E-state index contributed by atoms with van der Waals surface area (Å²) < 4.78 is 37.6. The number of anilines is 1. The van der Waals surface area contributed by atoms with Crippen LogP contribution in [-0.2, 0) is 14.8 Å². The lowest BCUT2D eigenvalue weighted by molar-refractivity contribution is -0.126. The molecule has 2 heterocycles. The largest absolute Gasteiger partial charge is 0.369 e. The van der Waals surface area contributed by atoms with Crippen molar-refractivity contribution in [3.05, 3.63) is 30.1 Å².